The highest BCUT2D eigenvalue weighted by molar-refractivity contribution is 5.93. The third-order valence-corrected chi connectivity index (χ3v) is 3.41. The lowest BCUT2D eigenvalue weighted by Gasteiger charge is -2.13. The zero-order valence-electron chi connectivity index (χ0n) is 12.3. The first-order valence-electron chi connectivity index (χ1n) is 6.71. The quantitative estimate of drug-likeness (QED) is 0.649. The first-order valence-corrected chi connectivity index (χ1v) is 6.71. The molecule has 112 valence electrons. The first-order chi connectivity index (χ1) is 9.88. The van der Waals surface area contributed by atoms with Gasteiger partial charge in [0.05, 0.1) is 17.1 Å². The van der Waals surface area contributed by atoms with Gasteiger partial charge in [-0.05, 0) is 38.0 Å². The van der Waals surface area contributed by atoms with Crippen LogP contribution in [0.4, 0.5) is 5.69 Å². The number of aromatic amines is 1. The Hall–Kier alpha value is -2.50. The van der Waals surface area contributed by atoms with Crippen LogP contribution in [0, 0.1) is 19.8 Å². The number of phenols is 2. The highest BCUT2D eigenvalue weighted by Crippen LogP contribution is 2.26. The largest absolute Gasteiger partial charge is 0.504 e. The Balaban J connectivity index is 2.04. The number of anilines is 1. The van der Waals surface area contributed by atoms with E-state index in [2.05, 4.69) is 15.5 Å². The SMILES string of the molecule is Cc1n[nH]c(C)c1NC(=O)C(C)Cc1ccc(O)c(O)c1. The Morgan fingerprint density at radius 1 is 1.33 bits per heavy atom. The Morgan fingerprint density at radius 2 is 2.05 bits per heavy atom. The molecule has 6 nitrogen and oxygen atoms in total. The maximum Gasteiger partial charge on any atom is 0.227 e. The number of nitrogens with one attached hydrogen (secondary N) is 2. The zero-order valence-corrected chi connectivity index (χ0v) is 12.3. The molecule has 4 N–H and O–H groups in total. The third kappa shape index (κ3) is 3.34. The fraction of sp³-hybridized carbons (Fsp3) is 0.333. The fourth-order valence-electron chi connectivity index (χ4n) is 2.12. The summed E-state index contributed by atoms with van der Waals surface area (Å²) in [6, 6.07) is 4.57. The summed E-state index contributed by atoms with van der Waals surface area (Å²) in [7, 11) is 0. The molecule has 0 bridgehead atoms. The van der Waals surface area contributed by atoms with E-state index in [0.29, 0.717) is 12.1 Å². The van der Waals surface area contributed by atoms with Gasteiger partial charge in [-0.2, -0.15) is 5.10 Å². The summed E-state index contributed by atoms with van der Waals surface area (Å²) in [6.45, 7) is 5.48. The van der Waals surface area contributed by atoms with Gasteiger partial charge in [-0.25, -0.2) is 0 Å². The van der Waals surface area contributed by atoms with Crippen LogP contribution in [0.15, 0.2) is 18.2 Å². The molecule has 0 aliphatic carbocycles. The van der Waals surface area contributed by atoms with Gasteiger partial charge in [-0.1, -0.05) is 13.0 Å². The summed E-state index contributed by atoms with van der Waals surface area (Å²) in [4.78, 5) is 12.2. The number of amides is 1. The van der Waals surface area contributed by atoms with Crippen LogP contribution in [0.25, 0.3) is 0 Å². The van der Waals surface area contributed by atoms with Crippen molar-refractivity contribution in [1.82, 2.24) is 10.2 Å². The molecule has 0 saturated heterocycles. The van der Waals surface area contributed by atoms with E-state index in [1.165, 1.54) is 12.1 Å². The molecule has 0 aliphatic rings. The lowest BCUT2D eigenvalue weighted by Crippen LogP contribution is -2.22. The summed E-state index contributed by atoms with van der Waals surface area (Å²) in [5.74, 6) is -0.736. The molecule has 0 radical (unpaired) electrons. The highest BCUT2D eigenvalue weighted by Gasteiger charge is 2.17. The maximum atomic E-state index is 12.2. The number of H-pyrrole nitrogens is 1. The van der Waals surface area contributed by atoms with Gasteiger partial charge in [0, 0.05) is 5.92 Å². The number of aromatic nitrogens is 2. The summed E-state index contributed by atoms with van der Waals surface area (Å²) in [5, 5.41) is 28.5. The minimum absolute atomic E-state index is 0.116. The van der Waals surface area contributed by atoms with Crippen LogP contribution in [0.5, 0.6) is 11.5 Å². The van der Waals surface area contributed by atoms with E-state index in [-0.39, 0.29) is 23.3 Å². The van der Waals surface area contributed by atoms with Crippen LogP contribution in [0.1, 0.15) is 23.9 Å². The molecule has 1 heterocycles. The topological polar surface area (TPSA) is 98.2 Å². The Bertz CT molecular complexity index is 645. The van der Waals surface area contributed by atoms with Crippen molar-refractivity contribution in [1.29, 1.82) is 0 Å². The van der Waals surface area contributed by atoms with Crippen molar-refractivity contribution in [3.8, 4) is 11.5 Å². The van der Waals surface area contributed by atoms with Gasteiger partial charge in [0.1, 0.15) is 0 Å². The standard InChI is InChI=1S/C15H19N3O3/c1-8(6-11-4-5-12(19)13(20)7-11)15(21)16-14-9(2)17-18-10(14)3/h4-5,7-8,19-20H,6H2,1-3H3,(H,16,21)(H,17,18). The van der Waals surface area contributed by atoms with Crippen LogP contribution >= 0.6 is 0 Å². The van der Waals surface area contributed by atoms with Gasteiger partial charge in [-0.3, -0.25) is 9.89 Å². The van der Waals surface area contributed by atoms with Gasteiger partial charge < -0.3 is 15.5 Å². The van der Waals surface area contributed by atoms with Crippen LogP contribution in [-0.4, -0.2) is 26.3 Å². The molecule has 1 unspecified atom stereocenters. The van der Waals surface area contributed by atoms with Crippen molar-refractivity contribution in [2.24, 2.45) is 5.92 Å². The molecule has 2 rings (SSSR count). The monoisotopic (exact) mass is 289 g/mol. The van der Waals surface area contributed by atoms with Gasteiger partial charge >= 0.3 is 0 Å². The van der Waals surface area contributed by atoms with Gasteiger partial charge in [0.2, 0.25) is 5.91 Å². The minimum atomic E-state index is -0.275. The molecule has 1 aromatic heterocycles. The second-order valence-corrected chi connectivity index (χ2v) is 5.23. The van der Waals surface area contributed by atoms with E-state index < -0.39 is 0 Å². The van der Waals surface area contributed by atoms with Crippen LogP contribution in [0.2, 0.25) is 0 Å². The van der Waals surface area contributed by atoms with Gasteiger partial charge in [0.25, 0.3) is 0 Å². The van der Waals surface area contributed by atoms with Crippen LogP contribution in [0.3, 0.4) is 0 Å². The fourth-order valence-corrected chi connectivity index (χ4v) is 2.12. The number of nitrogens with zero attached hydrogens (tertiary/aromatic N) is 1. The van der Waals surface area contributed by atoms with Crippen molar-refractivity contribution in [2.45, 2.75) is 27.2 Å². The van der Waals surface area contributed by atoms with Crippen molar-refractivity contribution in [2.75, 3.05) is 5.32 Å². The third-order valence-electron chi connectivity index (χ3n) is 3.41. The molecule has 2 aromatic rings. The first kappa shape index (κ1) is 14.9. The van der Waals surface area contributed by atoms with E-state index in [1.807, 2.05) is 20.8 Å². The molecule has 0 saturated carbocycles. The number of carbonyl (C=O) groups excluding carboxylic acids is 1. The van der Waals surface area contributed by atoms with E-state index in [0.717, 1.165) is 17.0 Å². The zero-order chi connectivity index (χ0) is 15.6. The number of benzene rings is 1. The van der Waals surface area contributed by atoms with Crippen molar-refractivity contribution < 1.29 is 15.0 Å². The molecule has 0 aliphatic heterocycles. The van der Waals surface area contributed by atoms with Gasteiger partial charge in [0.15, 0.2) is 11.5 Å². The number of hydrogen-bond acceptors (Lipinski definition) is 4. The number of hydrogen-bond donors (Lipinski definition) is 4. The Kier molecular flexibility index (Phi) is 4.16. The molecular weight excluding hydrogens is 270 g/mol. The predicted octanol–water partition coefficient (Wildman–Crippen LogP) is 2.26. The summed E-state index contributed by atoms with van der Waals surface area (Å²) >= 11 is 0. The van der Waals surface area contributed by atoms with Crippen LogP contribution in [-0.2, 0) is 11.2 Å². The molecule has 21 heavy (non-hydrogen) atoms. The average Bonchev–Trinajstić information content (AvgIpc) is 2.74. The van der Waals surface area contributed by atoms with Crippen molar-refractivity contribution in [3.63, 3.8) is 0 Å². The van der Waals surface area contributed by atoms with E-state index in [9.17, 15) is 15.0 Å². The lowest BCUT2D eigenvalue weighted by atomic mass is 10.00. The minimum Gasteiger partial charge on any atom is -0.504 e. The number of rotatable bonds is 4. The molecule has 1 amide bonds. The van der Waals surface area contributed by atoms with E-state index in [4.69, 9.17) is 0 Å². The molecule has 6 heteroatoms. The highest BCUT2D eigenvalue weighted by atomic mass is 16.3. The second kappa shape index (κ2) is 5.87. The summed E-state index contributed by atoms with van der Waals surface area (Å²) in [6.07, 6.45) is 0.468. The van der Waals surface area contributed by atoms with Gasteiger partial charge in [-0.15, -0.1) is 0 Å². The van der Waals surface area contributed by atoms with Crippen molar-refractivity contribution >= 4 is 11.6 Å². The number of carbonyl (C=O) groups is 1. The predicted molar refractivity (Wildman–Crippen MR) is 79.3 cm³/mol. The molecule has 1 atom stereocenters. The number of phenolic OH excluding ortho intramolecular Hbond substituents is 2. The van der Waals surface area contributed by atoms with E-state index in [1.54, 1.807) is 6.07 Å². The summed E-state index contributed by atoms with van der Waals surface area (Å²) < 4.78 is 0. The van der Waals surface area contributed by atoms with E-state index >= 15 is 0 Å². The van der Waals surface area contributed by atoms with Crippen LogP contribution < -0.4 is 5.32 Å². The molecular formula is C15H19N3O3. The Morgan fingerprint density at radius 3 is 2.62 bits per heavy atom. The summed E-state index contributed by atoms with van der Waals surface area (Å²) in [5.41, 5.74) is 3.06. The van der Waals surface area contributed by atoms with Crippen molar-refractivity contribution in [3.05, 3.63) is 35.2 Å². The normalized spacial score (nSPS) is 12.1. The second-order valence-electron chi connectivity index (χ2n) is 5.23. The molecule has 0 fully saturated rings. The maximum absolute atomic E-state index is 12.2. The number of aromatic hydroxyl groups is 2. The lowest BCUT2D eigenvalue weighted by molar-refractivity contribution is -0.119. The molecule has 1 aromatic carbocycles. The molecule has 0 spiro atoms. The smallest absolute Gasteiger partial charge is 0.227 e. The Labute approximate surface area is 122 Å². The average molecular weight is 289 g/mol. The number of aryl methyl sites for hydroxylation is 2.